The fourth-order valence-electron chi connectivity index (χ4n) is 1.82. The van der Waals surface area contributed by atoms with Crippen LogP contribution in [0.5, 0.6) is 0 Å². The number of nitrogens with one attached hydrogen (secondary N) is 2. The van der Waals surface area contributed by atoms with Crippen molar-refractivity contribution in [2.24, 2.45) is 0 Å². The molecule has 0 unspecified atom stereocenters. The summed E-state index contributed by atoms with van der Waals surface area (Å²) < 4.78 is 0. The zero-order valence-corrected chi connectivity index (χ0v) is 10.4. The van der Waals surface area contributed by atoms with E-state index in [4.69, 9.17) is 0 Å². The summed E-state index contributed by atoms with van der Waals surface area (Å²) in [7, 11) is 0. The van der Waals surface area contributed by atoms with Crippen LogP contribution in [0.15, 0.2) is 42.7 Å². The van der Waals surface area contributed by atoms with Gasteiger partial charge in [0.25, 0.3) is 0 Å². The van der Waals surface area contributed by atoms with Gasteiger partial charge in [-0.3, -0.25) is 0 Å². The van der Waals surface area contributed by atoms with E-state index in [0.29, 0.717) is 0 Å². The minimum Gasteiger partial charge on any atom is -0.351 e. The molecule has 0 saturated carbocycles. The first-order valence-corrected chi connectivity index (χ1v) is 5.97. The number of aromatic amines is 1. The van der Waals surface area contributed by atoms with E-state index in [2.05, 4.69) is 59.5 Å². The lowest BCUT2D eigenvalue weighted by Crippen LogP contribution is -2.31. The van der Waals surface area contributed by atoms with Gasteiger partial charge in [0.2, 0.25) is 0 Å². The number of aryl methyl sites for hydroxylation is 1. The average Bonchev–Trinajstić information content (AvgIpc) is 2.80. The predicted molar refractivity (Wildman–Crippen MR) is 71.1 cm³/mol. The van der Waals surface area contributed by atoms with Crippen molar-refractivity contribution in [3.05, 3.63) is 48.3 Å². The van der Waals surface area contributed by atoms with E-state index in [1.54, 1.807) is 6.20 Å². The minimum atomic E-state index is 0.0354. The molecule has 0 amide bonds. The van der Waals surface area contributed by atoms with Crippen molar-refractivity contribution < 1.29 is 0 Å². The Morgan fingerprint density at radius 2 is 2.00 bits per heavy atom. The number of anilines is 1. The van der Waals surface area contributed by atoms with Crippen LogP contribution in [0.25, 0.3) is 0 Å². The smallest absolute Gasteiger partial charge is 0.200 e. The summed E-state index contributed by atoms with van der Waals surface area (Å²) in [6.07, 6.45) is 5.73. The van der Waals surface area contributed by atoms with Crippen LogP contribution in [0.2, 0.25) is 0 Å². The highest BCUT2D eigenvalue weighted by atomic mass is 15.1. The van der Waals surface area contributed by atoms with Crippen molar-refractivity contribution in [1.82, 2.24) is 9.97 Å². The van der Waals surface area contributed by atoms with Crippen LogP contribution in [-0.4, -0.2) is 15.5 Å². The van der Waals surface area contributed by atoms with Gasteiger partial charge in [0, 0.05) is 17.9 Å². The third-order valence-corrected chi connectivity index (χ3v) is 2.84. The van der Waals surface area contributed by atoms with Crippen LogP contribution in [0.1, 0.15) is 25.8 Å². The molecule has 0 spiro atoms. The number of benzene rings is 1. The van der Waals surface area contributed by atoms with E-state index in [-0.39, 0.29) is 5.54 Å². The molecule has 0 radical (unpaired) electrons. The first-order valence-electron chi connectivity index (χ1n) is 5.97. The van der Waals surface area contributed by atoms with Crippen LogP contribution in [0, 0.1) is 0 Å². The molecule has 90 valence electrons. The van der Waals surface area contributed by atoms with E-state index in [1.165, 1.54) is 5.56 Å². The molecule has 3 heteroatoms. The summed E-state index contributed by atoms with van der Waals surface area (Å²) in [5, 5.41) is 3.40. The Morgan fingerprint density at radius 1 is 1.24 bits per heavy atom. The van der Waals surface area contributed by atoms with Crippen molar-refractivity contribution in [3.8, 4) is 0 Å². The fraction of sp³-hybridized carbons (Fsp3) is 0.357. The molecule has 1 heterocycles. The Morgan fingerprint density at radius 3 is 2.65 bits per heavy atom. The number of aromatic nitrogens is 2. The standard InChI is InChI=1S/C14H19N3/c1-14(2,17-13-15-10-11-16-13)9-8-12-6-4-3-5-7-12/h3-7,10-11H,8-9H2,1-2H3,(H2,15,16,17). The monoisotopic (exact) mass is 229 g/mol. The normalized spacial score (nSPS) is 11.4. The number of nitrogens with zero attached hydrogens (tertiary/aromatic N) is 1. The highest BCUT2D eigenvalue weighted by Gasteiger charge is 2.17. The third-order valence-electron chi connectivity index (χ3n) is 2.84. The Balaban J connectivity index is 1.89. The van der Waals surface area contributed by atoms with E-state index >= 15 is 0 Å². The van der Waals surface area contributed by atoms with Crippen LogP contribution in [0.3, 0.4) is 0 Å². The topological polar surface area (TPSA) is 40.7 Å². The summed E-state index contributed by atoms with van der Waals surface area (Å²) in [4.78, 5) is 7.26. The quantitative estimate of drug-likeness (QED) is 0.826. The van der Waals surface area contributed by atoms with Crippen molar-refractivity contribution in [2.75, 3.05) is 5.32 Å². The van der Waals surface area contributed by atoms with Crippen LogP contribution in [0.4, 0.5) is 5.95 Å². The molecule has 0 fully saturated rings. The highest BCUT2D eigenvalue weighted by Crippen LogP contribution is 2.17. The van der Waals surface area contributed by atoms with Crippen molar-refractivity contribution >= 4 is 5.95 Å². The Kier molecular flexibility index (Phi) is 3.47. The molecule has 2 rings (SSSR count). The van der Waals surface area contributed by atoms with Gasteiger partial charge in [-0.2, -0.15) is 0 Å². The maximum absolute atomic E-state index is 4.19. The fourth-order valence-corrected chi connectivity index (χ4v) is 1.82. The molecule has 0 bridgehead atoms. The number of H-pyrrole nitrogens is 1. The predicted octanol–water partition coefficient (Wildman–Crippen LogP) is 3.23. The molecule has 0 aliphatic rings. The number of rotatable bonds is 5. The molecule has 3 nitrogen and oxygen atoms in total. The van der Waals surface area contributed by atoms with Gasteiger partial charge in [-0.15, -0.1) is 0 Å². The second-order valence-electron chi connectivity index (χ2n) is 4.93. The molecular formula is C14H19N3. The lowest BCUT2D eigenvalue weighted by atomic mass is 9.95. The van der Waals surface area contributed by atoms with Gasteiger partial charge in [0.1, 0.15) is 0 Å². The number of hydrogen-bond donors (Lipinski definition) is 2. The second-order valence-corrected chi connectivity index (χ2v) is 4.93. The van der Waals surface area contributed by atoms with Crippen LogP contribution in [-0.2, 0) is 6.42 Å². The molecule has 1 aromatic carbocycles. The van der Waals surface area contributed by atoms with Crippen molar-refractivity contribution in [1.29, 1.82) is 0 Å². The van der Waals surface area contributed by atoms with Crippen molar-refractivity contribution in [3.63, 3.8) is 0 Å². The molecule has 0 aliphatic heterocycles. The maximum atomic E-state index is 4.19. The van der Waals surface area contributed by atoms with Crippen LogP contribution >= 0.6 is 0 Å². The zero-order valence-electron chi connectivity index (χ0n) is 10.4. The van der Waals surface area contributed by atoms with Gasteiger partial charge in [-0.1, -0.05) is 30.3 Å². The summed E-state index contributed by atoms with van der Waals surface area (Å²) in [5.41, 5.74) is 1.41. The SMILES string of the molecule is CC(C)(CCc1ccccc1)Nc1ncc[nH]1. The van der Waals surface area contributed by atoms with Gasteiger partial charge in [-0.05, 0) is 32.3 Å². The molecule has 2 aromatic rings. The zero-order chi connectivity index (χ0) is 12.1. The first kappa shape index (κ1) is 11.7. The van der Waals surface area contributed by atoms with E-state index in [9.17, 15) is 0 Å². The lowest BCUT2D eigenvalue weighted by Gasteiger charge is -2.26. The summed E-state index contributed by atoms with van der Waals surface area (Å²) in [5.74, 6) is 0.836. The molecule has 0 aliphatic carbocycles. The lowest BCUT2D eigenvalue weighted by molar-refractivity contribution is 0.515. The molecule has 0 saturated heterocycles. The molecular weight excluding hydrogens is 210 g/mol. The average molecular weight is 229 g/mol. The van der Waals surface area contributed by atoms with Gasteiger partial charge in [0.15, 0.2) is 5.95 Å². The van der Waals surface area contributed by atoms with E-state index < -0.39 is 0 Å². The Bertz CT molecular complexity index is 432. The van der Waals surface area contributed by atoms with E-state index in [1.807, 2.05) is 6.20 Å². The minimum absolute atomic E-state index is 0.0354. The summed E-state index contributed by atoms with van der Waals surface area (Å²) >= 11 is 0. The van der Waals surface area contributed by atoms with Gasteiger partial charge in [0.05, 0.1) is 0 Å². The molecule has 17 heavy (non-hydrogen) atoms. The van der Waals surface area contributed by atoms with E-state index in [0.717, 1.165) is 18.8 Å². The molecule has 2 N–H and O–H groups in total. The highest BCUT2D eigenvalue weighted by molar-refractivity contribution is 5.27. The summed E-state index contributed by atoms with van der Waals surface area (Å²) in [6.45, 7) is 4.39. The van der Waals surface area contributed by atoms with Gasteiger partial charge in [-0.25, -0.2) is 4.98 Å². The first-order chi connectivity index (χ1) is 8.16. The van der Waals surface area contributed by atoms with Gasteiger partial charge >= 0.3 is 0 Å². The number of hydrogen-bond acceptors (Lipinski definition) is 2. The maximum Gasteiger partial charge on any atom is 0.200 e. The Hall–Kier alpha value is -1.77. The number of imidazole rings is 1. The Labute approximate surface area is 102 Å². The third kappa shape index (κ3) is 3.63. The molecule has 1 aromatic heterocycles. The largest absolute Gasteiger partial charge is 0.351 e. The van der Waals surface area contributed by atoms with Crippen LogP contribution < -0.4 is 5.32 Å². The second kappa shape index (κ2) is 5.04. The summed E-state index contributed by atoms with van der Waals surface area (Å²) in [6, 6.07) is 10.6. The molecule has 0 atom stereocenters. The van der Waals surface area contributed by atoms with Crippen molar-refractivity contribution in [2.45, 2.75) is 32.2 Å². The van der Waals surface area contributed by atoms with Gasteiger partial charge < -0.3 is 10.3 Å².